The number of imidazole rings is 1. The Morgan fingerprint density at radius 2 is 2.15 bits per heavy atom. The maximum Gasteiger partial charge on any atom is 0.151 e. The van der Waals surface area contributed by atoms with Gasteiger partial charge in [-0.2, -0.15) is 0 Å². The molecular formula is C16H22FN3. The number of aromatic nitrogens is 2. The van der Waals surface area contributed by atoms with Gasteiger partial charge in [-0.05, 0) is 45.2 Å². The van der Waals surface area contributed by atoms with Gasteiger partial charge in [-0.25, -0.2) is 9.37 Å². The maximum atomic E-state index is 14.0. The summed E-state index contributed by atoms with van der Waals surface area (Å²) in [7, 11) is 0. The van der Waals surface area contributed by atoms with Gasteiger partial charge in [-0.3, -0.25) is 0 Å². The third-order valence-corrected chi connectivity index (χ3v) is 4.29. The number of benzene rings is 1. The van der Waals surface area contributed by atoms with Gasteiger partial charge < -0.3 is 10.3 Å². The van der Waals surface area contributed by atoms with Crippen LogP contribution in [0, 0.1) is 5.82 Å². The van der Waals surface area contributed by atoms with E-state index in [4.69, 9.17) is 5.73 Å². The molecule has 2 aromatic rings. The number of nitrogens with zero attached hydrogens (tertiary/aromatic N) is 2. The number of hydrogen-bond acceptors (Lipinski definition) is 2. The van der Waals surface area contributed by atoms with Crippen molar-refractivity contribution in [2.24, 2.45) is 5.73 Å². The molecule has 1 aliphatic rings. The lowest BCUT2D eigenvalue weighted by molar-refractivity contribution is 0.369. The molecule has 3 rings (SSSR count). The third-order valence-electron chi connectivity index (χ3n) is 4.29. The van der Waals surface area contributed by atoms with Crippen LogP contribution in [0.2, 0.25) is 0 Å². The van der Waals surface area contributed by atoms with E-state index in [1.165, 1.54) is 6.07 Å². The Kier molecular flexibility index (Phi) is 3.50. The molecule has 2 N–H and O–H groups in total. The quantitative estimate of drug-likeness (QED) is 0.907. The average Bonchev–Trinajstić information content (AvgIpc) is 2.79. The van der Waals surface area contributed by atoms with Gasteiger partial charge in [0, 0.05) is 18.0 Å². The van der Waals surface area contributed by atoms with Gasteiger partial charge >= 0.3 is 0 Å². The summed E-state index contributed by atoms with van der Waals surface area (Å²) in [4.78, 5) is 4.62. The predicted octanol–water partition coefficient (Wildman–Crippen LogP) is 3.74. The minimum atomic E-state index is -0.233. The van der Waals surface area contributed by atoms with Crippen LogP contribution in [0.3, 0.4) is 0 Å². The highest BCUT2D eigenvalue weighted by atomic mass is 19.1. The molecule has 0 spiro atoms. The molecule has 1 saturated carbocycles. The lowest BCUT2D eigenvalue weighted by Gasteiger charge is -2.27. The van der Waals surface area contributed by atoms with Crippen LogP contribution < -0.4 is 5.73 Å². The minimum Gasteiger partial charge on any atom is -0.328 e. The number of halogens is 1. The first-order chi connectivity index (χ1) is 9.58. The summed E-state index contributed by atoms with van der Waals surface area (Å²) < 4.78 is 16.2. The van der Waals surface area contributed by atoms with Gasteiger partial charge in [0.05, 0.1) is 5.52 Å². The molecule has 20 heavy (non-hydrogen) atoms. The molecule has 2 unspecified atom stereocenters. The largest absolute Gasteiger partial charge is 0.328 e. The topological polar surface area (TPSA) is 43.8 Å². The second-order valence-corrected chi connectivity index (χ2v) is 6.16. The van der Waals surface area contributed by atoms with Gasteiger partial charge in [0.25, 0.3) is 0 Å². The van der Waals surface area contributed by atoms with Gasteiger partial charge in [-0.1, -0.05) is 12.5 Å². The van der Waals surface area contributed by atoms with Crippen LogP contribution in [0.25, 0.3) is 11.0 Å². The van der Waals surface area contributed by atoms with Crippen LogP contribution in [0.15, 0.2) is 18.2 Å². The molecule has 4 heteroatoms. The Bertz CT molecular complexity index is 617. The van der Waals surface area contributed by atoms with Crippen LogP contribution in [0.5, 0.6) is 0 Å². The van der Waals surface area contributed by atoms with Crippen LogP contribution in [-0.4, -0.2) is 15.6 Å². The molecule has 1 fully saturated rings. The van der Waals surface area contributed by atoms with Crippen molar-refractivity contribution >= 4 is 11.0 Å². The molecule has 0 radical (unpaired) electrons. The molecule has 108 valence electrons. The van der Waals surface area contributed by atoms with Gasteiger partial charge in [0.15, 0.2) is 5.82 Å². The van der Waals surface area contributed by atoms with Gasteiger partial charge in [-0.15, -0.1) is 0 Å². The molecule has 1 aromatic heterocycles. The summed E-state index contributed by atoms with van der Waals surface area (Å²) >= 11 is 0. The highest BCUT2D eigenvalue weighted by Gasteiger charge is 2.27. The Balaban J connectivity index is 2.14. The molecule has 0 amide bonds. The van der Waals surface area contributed by atoms with Crippen molar-refractivity contribution in [2.45, 2.75) is 57.5 Å². The molecule has 0 saturated heterocycles. The summed E-state index contributed by atoms with van der Waals surface area (Å²) in [6, 6.07) is 5.72. The van der Waals surface area contributed by atoms with Crippen LogP contribution in [0.1, 0.15) is 57.3 Å². The van der Waals surface area contributed by atoms with Crippen molar-refractivity contribution in [3.05, 3.63) is 29.8 Å². The second-order valence-electron chi connectivity index (χ2n) is 6.16. The van der Waals surface area contributed by atoms with E-state index in [0.29, 0.717) is 11.4 Å². The summed E-state index contributed by atoms with van der Waals surface area (Å²) in [5.41, 5.74) is 7.49. The molecule has 3 nitrogen and oxygen atoms in total. The van der Waals surface area contributed by atoms with E-state index in [1.807, 2.05) is 6.07 Å². The Morgan fingerprint density at radius 3 is 2.85 bits per heavy atom. The Labute approximate surface area is 119 Å². The molecule has 1 heterocycles. The summed E-state index contributed by atoms with van der Waals surface area (Å²) in [5, 5.41) is 0. The van der Waals surface area contributed by atoms with Crippen molar-refractivity contribution < 1.29 is 4.39 Å². The zero-order valence-corrected chi connectivity index (χ0v) is 12.1. The summed E-state index contributed by atoms with van der Waals surface area (Å²) in [6.45, 7) is 4.25. The Hall–Kier alpha value is -1.42. The molecule has 1 aromatic carbocycles. The smallest absolute Gasteiger partial charge is 0.151 e. The van der Waals surface area contributed by atoms with E-state index >= 15 is 0 Å². The van der Waals surface area contributed by atoms with E-state index in [9.17, 15) is 4.39 Å². The monoisotopic (exact) mass is 275 g/mol. The van der Waals surface area contributed by atoms with Crippen molar-refractivity contribution in [3.8, 4) is 0 Å². The van der Waals surface area contributed by atoms with Crippen molar-refractivity contribution in [1.82, 2.24) is 9.55 Å². The van der Waals surface area contributed by atoms with E-state index in [1.54, 1.807) is 6.07 Å². The third kappa shape index (κ3) is 2.22. The number of para-hydroxylation sites is 1. The lowest BCUT2D eigenvalue weighted by atomic mass is 9.85. The minimum absolute atomic E-state index is 0.233. The van der Waals surface area contributed by atoms with Crippen LogP contribution >= 0.6 is 0 Å². The zero-order valence-electron chi connectivity index (χ0n) is 12.1. The predicted molar refractivity (Wildman–Crippen MR) is 79.3 cm³/mol. The maximum absolute atomic E-state index is 14.0. The number of nitrogens with two attached hydrogens (primary N) is 1. The van der Waals surface area contributed by atoms with Crippen LogP contribution in [-0.2, 0) is 0 Å². The molecule has 2 atom stereocenters. The SMILES string of the molecule is CC(C)n1c(C2CCCC(N)C2)nc2c(F)cccc21. The summed E-state index contributed by atoms with van der Waals surface area (Å²) in [6.07, 6.45) is 4.28. The van der Waals surface area contributed by atoms with Crippen LogP contribution in [0.4, 0.5) is 4.39 Å². The first kappa shape index (κ1) is 13.6. The first-order valence-corrected chi connectivity index (χ1v) is 7.50. The molecule has 0 aliphatic heterocycles. The van der Waals surface area contributed by atoms with Gasteiger partial charge in [0.1, 0.15) is 11.3 Å². The first-order valence-electron chi connectivity index (χ1n) is 7.50. The van der Waals surface area contributed by atoms with Crippen molar-refractivity contribution in [2.75, 3.05) is 0 Å². The van der Waals surface area contributed by atoms with E-state index in [2.05, 4.69) is 23.4 Å². The average molecular weight is 275 g/mol. The molecular weight excluding hydrogens is 253 g/mol. The highest BCUT2D eigenvalue weighted by Crippen LogP contribution is 2.35. The normalized spacial score (nSPS) is 23.6. The zero-order chi connectivity index (χ0) is 14.3. The van der Waals surface area contributed by atoms with Crippen molar-refractivity contribution in [1.29, 1.82) is 0 Å². The number of fused-ring (bicyclic) bond motifs is 1. The highest BCUT2D eigenvalue weighted by molar-refractivity contribution is 5.77. The van der Waals surface area contributed by atoms with Gasteiger partial charge in [0.2, 0.25) is 0 Å². The summed E-state index contributed by atoms with van der Waals surface area (Å²) in [5.74, 6) is 1.13. The van der Waals surface area contributed by atoms with E-state index < -0.39 is 0 Å². The molecule has 1 aliphatic carbocycles. The Morgan fingerprint density at radius 1 is 1.35 bits per heavy atom. The fourth-order valence-corrected chi connectivity index (χ4v) is 3.39. The molecule has 0 bridgehead atoms. The fourth-order valence-electron chi connectivity index (χ4n) is 3.39. The second kappa shape index (κ2) is 5.17. The fraction of sp³-hybridized carbons (Fsp3) is 0.562. The van der Waals surface area contributed by atoms with Crippen molar-refractivity contribution in [3.63, 3.8) is 0 Å². The number of rotatable bonds is 2. The number of hydrogen-bond donors (Lipinski definition) is 1. The van der Waals surface area contributed by atoms with E-state index in [-0.39, 0.29) is 17.9 Å². The van der Waals surface area contributed by atoms with E-state index in [0.717, 1.165) is 37.0 Å². The standard InChI is InChI=1S/C16H22FN3/c1-10(2)20-14-8-4-7-13(17)15(14)19-16(20)11-5-3-6-12(18)9-11/h4,7-8,10-12H,3,5-6,9,18H2,1-2H3. The lowest BCUT2D eigenvalue weighted by Crippen LogP contribution is -2.28.